The number of benzene rings is 1. The first-order valence-electron chi connectivity index (χ1n) is 7.46. The lowest BCUT2D eigenvalue weighted by molar-refractivity contribution is -0.207. The highest BCUT2D eigenvalue weighted by atomic mass is 19.4. The molecule has 1 aromatic carbocycles. The van der Waals surface area contributed by atoms with Gasteiger partial charge in [0.05, 0.1) is 11.1 Å². The summed E-state index contributed by atoms with van der Waals surface area (Å²) in [5.74, 6) is -1.14. The Morgan fingerprint density at radius 3 is 2.36 bits per heavy atom. The quantitative estimate of drug-likeness (QED) is 0.829. The number of aromatic nitrogens is 1. The van der Waals surface area contributed by atoms with Gasteiger partial charge < -0.3 is 10.8 Å². The summed E-state index contributed by atoms with van der Waals surface area (Å²) in [6.45, 7) is 0. The monoisotopic (exact) mass is 354 g/mol. The number of carbonyl (C=O) groups is 1. The Balaban J connectivity index is 1.89. The molecule has 0 bridgehead atoms. The number of pyridine rings is 1. The largest absolute Gasteiger partial charge is 0.420 e. The highest BCUT2D eigenvalue weighted by molar-refractivity contribution is 5.90. The molecule has 3 N–H and O–H groups in total. The van der Waals surface area contributed by atoms with Crippen LogP contribution in [0.25, 0.3) is 11.1 Å². The third kappa shape index (κ3) is 3.09. The molecule has 0 aliphatic heterocycles. The van der Waals surface area contributed by atoms with E-state index in [1.54, 1.807) is 6.07 Å². The number of nitrogens with two attached hydrogens (primary N) is 1. The molecule has 1 amide bonds. The smallest absolute Gasteiger partial charge is 0.378 e. The normalized spacial score (nSPS) is 17.2. The van der Waals surface area contributed by atoms with E-state index >= 15 is 0 Å². The zero-order valence-electron chi connectivity index (χ0n) is 12.8. The summed E-state index contributed by atoms with van der Waals surface area (Å²) >= 11 is 0. The van der Waals surface area contributed by atoms with E-state index in [1.165, 1.54) is 18.2 Å². The van der Waals surface area contributed by atoms with Crippen LogP contribution in [0.2, 0.25) is 0 Å². The van der Waals surface area contributed by atoms with Crippen LogP contribution in [0.15, 0.2) is 36.5 Å². The molecule has 1 saturated carbocycles. The minimum absolute atomic E-state index is 0.129. The first-order chi connectivity index (χ1) is 11.6. The maximum absolute atomic E-state index is 14.4. The lowest BCUT2D eigenvalue weighted by Crippen LogP contribution is -2.28. The van der Waals surface area contributed by atoms with Crippen LogP contribution >= 0.6 is 0 Å². The predicted molar refractivity (Wildman–Crippen MR) is 80.8 cm³/mol. The lowest BCUT2D eigenvalue weighted by Gasteiger charge is -2.15. The van der Waals surface area contributed by atoms with Gasteiger partial charge in [-0.3, -0.25) is 9.78 Å². The standard InChI is InChI=1S/C17H14F4N2O2/c18-12-7-10(16(5-6-16)15(22)25)2-3-11(12)9-1-4-13(23-8-9)14(24)17(19,20)21/h1-4,7-8,14,24H,5-6H2,(H2,22,25). The number of hydrogen-bond acceptors (Lipinski definition) is 3. The first-order valence-corrected chi connectivity index (χ1v) is 7.46. The maximum Gasteiger partial charge on any atom is 0.420 e. The second-order valence-corrected chi connectivity index (χ2v) is 6.06. The van der Waals surface area contributed by atoms with E-state index in [0.717, 1.165) is 12.3 Å². The SMILES string of the molecule is NC(=O)C1(c2ccc(-c3ccc(C(O)C(F)(F)F)nc3)c(F)c2)CC1. The van der Waals surface area contributed by atoms with Crippen LogP contribution in [0.4, 0.5) is 17.6 Å². The zero-order valence-corrected chi connectivity index (χ0v) is 12.8. The number of carbonyl (C=O) groups excluding carboxylic acids is 1. The van der Waals surface area contributed by atoms with Crippen molar-refractivity contribution in [3.05, 3.63) is 53.6 Å². The summed E-state index contributed by atoms with van der Waals surface area (Å²) in [4.78, 5) is 15.1. The molecule has 1 fully saturated rings. The van der Waals surface area contributed by atoms with Gasteiger partial charge in [0.25, 0.3) is 0 Å². The molecule has 0 saturated heterocycles. The van der Waals surface area contributed by atoms with Gasteiger partial charge in [-0.1, -0.05) is 18.2 Å². The molecule has 1 heterocycles. The number of aliphatic hydroxyl groups excluding tert-OH is 1. The summed E-state index contributed by atoms with van der Waals surface area (Å²) in [6, 6.07) is 6.47. The highest BCUT2D eigenvalue weighted by Crippen LogP contribution is 2.48. The number of halogens is 4. The number of alkyl halides is 3. The van der Waals surface area contributed by atoms with Crippen LogP contribution < -0.4 is 5.73 Å². The minimum Gasteiger partial charge on any atom is -0.378 e. The van der Waals surface area contributed by atoms with Gasteiger partial charge in [-0.25, -0.2) is 4.39 Å². The van der Waals surface area contributed by atoms with E-state index in [0.29, 0.717) is 18.4 Å². The molecular formula is C17H14F4N2O2. The number of nitrogens with zero attached hydrogens (tertiary/aromatic N) is 1. The van der Waals surface area contributed by atoms with Gasteiger partial charge in [0.15, 0.2) is 6.10 Å². The molecule has 1 aliphatic carbocycles. The maximum atomic E-state index is 14.4. The Kier molecular flexibility index (Phi) is 4.03. The molecular weight excluding hydrogens is 340 g/mol. The van der Waals surface area contributed by atoms with Gasteiger partial charge in [0.1, 0.15) is 5.82 Å². The Labute approximate surface area is 140 Å². The van der Waals surface area contributed by atoms with E-state index in [9.17, 15) is 22.4 Å². The third-order valence-corrected chi connectivity index (χ3v) is 4.43. The minimum atomic E-state index is -4.82. The number of aliphatic hydroxyl groups is 1. The van der Waals surface area contributed by atoms with Crippen molar-refractivity contribution in [1.82, 2.24) is 4.98 Å². The van der Waals surface area contributed by atoms with Crippen LogP contribution in [0.5, 0.6) is 0 Å². The Bertz CT molecular complexity index is 814. The van der Waals surface area contributed by atoms with Crippen molar-refractivity contribution >= 4 is 5.91 Å². The molecule has 8 heteroatoms. The molecule has 1 aliphatic rings. The van der Waals surface area contributed by atoms with E-state index in [-0.39, 0.29) is 11.1 Å². The Morgan fingerprint density at radius 1 is 1.24 bits per heavy atom. The molecule has 25 heavy (non-hydrogen) atoms. The molecule has 2 aromatic rings. The molecule has 132 valence electrons. The number of hydrogen-bond donors (Lipinski definition) is 2. The van der Waals surface area contributed by atoms with Crippen LogP contribution in [-0.4, -0.2) is 22.2 Å². The summed E-state index contributed by atoms with van der Waals surface area (Å²) in [7, 11) is 0. The fraction of sp³-hybridized carbons (Fsp3) is 0.294. The summed E-state index contributed by atoms with van der Waals surface area (Å²) in [5.41, 5.74) is 4.83. The van der Waals surface area contributed by atoms with E-state index in [4.69, 9.17) is 10.8 Å². The zero-order chi connectivity index (χ0) is 18.4. The predicted octanol–water partition coefficient (Wildman–Crippen LogP) is 3.00. The second-order valence-electron chi connectivity index (χ2n) is 6.06. The van der Waals surface area contributed by atoms with Crippen molar-refractivity contribution in [2.45, 2.75) is 30.5 Å². The molecule has 3 rings (SSSR count). The van der Waals surface area contributed by atoms with Gasteiger partial charge in [0.2, 0.25) is 5.91 Å². The molecule has 1 unspecified atom stereocenters. The average Bonchev–Trinajstić information content (AvgIpc) is 3.35. The van der Waals surface area contributed by atoms with Crippen LogP contribution in [-0.2, 0) is 10.2 Å². The van der Waals surface area contributed by atoms with Crippen molar-refractivity contribution in [2.24, 2.45) is 5.73 Å². The Morgan fingerprint density at radius 2 is 1.92 bits per heavy atom. The summed E-state index contributed by atoms with van der Waals surface area (Å²) in [5, 5.41) is 9.15. The fourth-order valence-corrected chi connectivity index (χ4v) is 2.74. The van der Waals surface area contributed by atoms with Crippen LogP contribution in [0, 0.1) is 5.82 Å². The van der Waals surface area contributed by atoms with Gasteiger partial charge in [0, 0.05) is 17.3 Å². The Hall–Kier alpha value is -2.48. The molecule has 4 nitrogen and oxygen atoms in total. The van der Waals surface area contributed by atoms with Crippen molar-refractivity contribution in [3.8, 4) is 11.1 Å². The average molecular weight is 354 g/mol. The van der Waals surface area contributed by atoms with Gasteiger partial charge in [-0.15, -0.1) is 0 Å². The molecule has 0 radical (unpaired) electrons. The first kappa shape index (κ1) is 17.3. The van der Waals surface area contributed by atoms with Crippen molar-refractivity contribution in [1.29, 1.82) is 0 Å². The number of primary amides is 1. The van der Waals surface area contributed by atoms with Gasteiger partial charge in [-0.2, -0.15) is 13.2 Å². The third-order valence-electron chi connectivity index (χ3n) is 4.43. The number of rotatable bonds is 4. The molecule has 1 atom stereocenters. The van der Waals surface area contributed by atoms with E-state index in [2.05, 4.69) is 4.98 Å². The number of amides is 1. The van der Waals surface area contributed by atoms with E-state index < -0.39 is 35.1 Å². The van der Waals surface area contributed by atoms with Gasteiger partial charge in [-0.05, 0) is 30.5 Å². The summed E-state index contributed by atoms with van der Waals surface area (Å²) < 4.78 is 51.8. The van der Waals surface area contributed by atoms with E-state index in [1.807, 2.05) is 0 Å². The van der Waals surface area contributed by atoms with Gasteiger partial charge >= 0.3 is 6.18 Å². The van der Waals surface area contributed by atoms with Crippen molar-refractivity contribution < 1.29 is 27.5 Å². The van der Waals surface area contributed by atoms with Crippen LogP contribution in [0.3, 0.4) is 0 Å². The van der Waals surface area contributed by atoms with Crippen molar-refractivity contribution in [2.75, 3.05) is 0 Å². The lowest BCUT2D eigenvalue weighted by atomic mass is 9.93. The summed E-state index contributed by atoms with van der Waals surface area (Å²) in [6.07, 6.45) is -5.34. The topological polar surface area (TPSA) is 76.2 Å². The molecule has 0 spiro atoms. The molecule has 1 aromatic heterocycles. The highest BCUT2D eigenvalue weighted by Gasteiger charge is 2.50. The van der Waals surface area contributed by atoms with Crippen LogP contribution in [0.1, 0.15) is 30.2 Å². The second kappa shape index (κ2) is 5.80. The fourth-order valence-electron chi connectivity index (χ4n) is 2.74. The van der Waals surface area contributed by atoms with Crippen molar-refractivity contribution in [3.63, 3.8) is 0 Å².